The van der Waals surface area contributed by atoms with Gasteiger partial charge in [0.05, 0.1) is 0 Å². The Balaban J connectivity index is 2.11. The minimum atomic E-state index is -0.270. The summed E-state index contributed by atoms with van der Waals surface area (Å²) in [6.45, 7) is 1.97. The predicted molar refractivity (Wildman–Crippen MR) is 70.3 cm³/mol. The topological polar surface area (TPSA) is 35.2 Å². The summed E-state index contributed by atoms with van der Waals surface area (Å²) >= 11 is 0. The number of benzene rings is 2. The number of nitrogens with two attached hydrogens (primary N) is 1. The van der Waals surface area contributed by atoms with Crippen LogP contribution in [-0.2, 0) is 6.42 Å². The molecular formula is C15H16FNO. The van der Waals surface area contributed by atoms with E-state index in [1.54, 1.807) is 12.1 Å². The molecule has 0 aromatic heterocycles. The second kappa shape index (κ2) is 5.65. The molecule has 18 heavy (non-hydrogen) atoms. The highest BCUT2D eigenvalue weighted by Crippen LogP contribution is 2.22. The van der Waals surface area contributed by atoms with Crippen LogP contribution in [0.25, 0.3) is 0 Å². The molecule has 1 unspecified atom stereocenters. The average molecular weight is 245 g/mol. The molecule has 0 radical (unpaired) electrons. The molecule has 0 saturated heterocycles. The molecule has 94 valence electrons. The fourth-order valence-corrected chi connectivity index (χ4v) is 1.75. The monoisotopic (exact) mass is 245 g/mol. The first-order chi connectivity index (χ1) is 8.63. The van der Waals surface area contributed by atoms with Gasteiger partial charge in [-0.15, -0.1) is 0 Å². The van der Waals surface area contributed by atoms with Crippen molar-refractivity contribution in [2.75, 3.05) is 0 Å². The van der Waals surface area contributed by atoms with Gasteiger partial charge in [-0.05, 0) is 55.3 Å². The molecule has 0 aliphatic carbocycles. The van der Waals surface area contributed by atoms with Crippen LogP contribution < -0.4 is 10.5 Å². The van der Waals surface area contributed by atoms with Crippen LogP contribution in [0.5, 0.6) is 11.5 Å². The van der Waals surface area contributed by atoms with Gasteiger partial charge >= 0.3 is 0 Å². The summed E-state index contributed by atoms with van der Waals surface area (Å²) in [4.78, 5) is 0. The summed E-state index contributed by atoms with van der Waals surface area (Å²) in [5.41, 5.74) is 6.89. The molecular weight excluding hydrogens is 229 g/mol. The number of halogens is 1. The molecule has 0 bridgehead atoms. The summed E-state index contributed by atoms with van der Waals surface area (Å²) in [7, 11) is 0. The third-order valence-corrected chi connectivity index (χ3v) is 2.51. The van der Waals surface area contributed by atoms with E-state index in [1.807, 2.05) is 31.2 Å². The van der Waals surface area contributed by atoms with Crippen LogP contribution in [0.3, 0.4) is 0 Å². The molecule has 2 aromatic rings. The zero-order valence-corrected chi connectivity index (χ0v) is 10.3. The average Bonchev–Trinajstić information content (AvgIpc) is 2.32. The first-order valence-corrected chi connectivity index (χ1v) is 5.91. The van der Waals surface area contributed by atoms with Crippen molar-refractivity contribution in [1.29, 1.82) is 0 Å². The quantitative estimate of drug-likeness (QED) is 0.894. The second-order valence-electron chi connectivity index (χ2n) is 4.38. The van der Waals surface area contributed by atoms with Gasteiger partial charge in [0.15, 0.2) is 0 Å². The van der Waals surface area contributed by atoms with Gasteiger partial charge in [-0.3, -0.25) is 0 Å². The highest BCUT2D eigenvalue weighted by molar-refractivity contribution is 5.34. The highest BCUT2D eigenvalue weighted by Gasteiger charge is 2.01. The first-order valence-electron chi connectivity index (χ1n) is 5.91. The maximum atomic E-state index is 12.8. The minimum absolute atomic E-state index is 0.117. The van der Waals surface area contributed by atoms with Crippen molar-refractivity contribution >= 4 is 0 Å². The summed E-state index contributed by atoms with van der Waals surface area (Å²) in [5.74, 6) is 1.09. The van der Waals surface area contributed by atoms with Gasteiger partial charge in [-0.2, -0.15) is 0 Å². The van der Waals surface area contributed by atoms with Crippen LogP contribution >= 0.6 is 0 Å². The molecule has 1 atom stereocenters. The summed E-state index contributed by atoms with van der Waals surface area (Å²) in [5, 5.41) is 0. The Morgan fingerprint density at radius 1 is 1.11 bits per heavy atom. The van der Waals surface area contributed by atoms with Crippen molar-refractivity contribution in [1.82, 2.24) is 0 Å². The number of rotatable bonds is 4. The van der Waals surface area contributed by atoms with Crippen LogP contribution in [0.15, 0.2) is 48.5 Å². The van der Waals surface area contributed by atoms with Gasteiger partial charge in [0.25, 0.3) is 0 Å². The fraction of sp³-hybridized carbons (Fsp3) is 0.200. The van der Waals surface area contributed by atoms with E-state index in [9.17, 15) is 4.39 Å². The lowest BCUT2D eigenvalue weighted by Crippen LogP contribution is -2.17. The summed E-state index contributed by atoms with van der Waals surface area (Å²) < 4.78 is 18.4. The van der Waals surface area contributed by atoms with Crippen LogP contribution in [0.2, 0.25) is 0 Å². The molecule has 0 heterocycles. The Hall–Kier alpha value is -1.87. The lowest BCUT2D eigenvalue weighted by atomic mass is 10.1. The van der Waals surface area contributed by atoms with Gasteiger partial charge in [-0.1, -0.05) is 12.1 Å². The van der Waals surface area contributed by atoms with Gasteiger partial charge in [-0.25, -0.2) is 4.39 Å². The lowest BCUT2D eigenvalue weighted by molar-refractivity contribution is 0.479. The van der Waals surface area contributed by atoms with E-state index < -0.39 is 0 Å². The molecule has 2 aromatic carbocycles. The number of hydrogen-bond acceptors (Lipinski definition) is 2. The molecule has 3 heteroatoms. The van der Waals surface area contributed by atoms with Crippen molar-refractivity contribution in [3.05, 3.63) is 59.9 Å². The van der Waals surface area contributed by atoms with E-state index in [0.29, 0.717) is 5.75 Å². The Labute approximate surface area is 106 Å². The predicted octanol–water partition coefficient (Wildman–Crippen LogP) is 3.51. The lowest BCUT2D eigenvalue weighted by Gasteiger charge is -2.09. The van der Waals surface area contributed by atoms with Gasteiger partial charge in [0, 0.05) is 6.04 Å². The van der Waals surface area contributed by atoms with Crippen molar-refractivity contribution < 1.29 is 9.13 Å². The van der Waals surface area contributed by atoms with E-state index >= 15 is 0 Å². The van der Waals surface area contributed by atoms with Crippen molar-refractivity contribution in [2.24, 2.45) is 5.73 Å². The first kappa shape index (κ1) is 12.6. The van der Waals surface area contributed by atoms with E-state index in [4.69, 9.17) is 10.5 Å². The molecule has 2 N–H and O–H groups in total. The normalized spacial score (nSPS) is 12.2. The van der Waals surface area contributed by atoms with E-state index in [2.05, 4.69) is 0 Å². The maximum Gasteiger partial charge on any atom is 0.127 e. The standard InChI is InChI=1S/C15H16FNO/c1-11(17)9-12-3-2-4-15(10-12)18-14-7-5-13(16)6-8-14/h2-8,10-11H,9,17H2,1H3. The molecule has 0 spiro atoms. The zero-order chi connectivity index (χ0) is 13.0. The van der Waals surface area contributed by atoms with E-state index in [0.717, 1.165) is 17.7 Å². The smallest absolute Gasteiger partial charge is 0.127 e. The molecule has 0 amide bonds. The van der Waals surface area contributed by atoms with Crippen molar-refractivity contribution in [2.45, 2.75) is 19.4 Å². The SMILES string of the molecule is CC(N)Cc1cccc(Oc2ccc(F)cc2)c1. The Morgan fingerprint density at radius 2 is 1.83 bits per heavy atom. The van der Waals surface area contributed by atoms with Crippen LogP contribution in [0, 0.1) is 5.82 Å². The largest absolute Gasteiger partial charge is 0.457 e. The molecule has 0 fully saturated rings. The fourth-order valence-electron chi connectivity index (χ4n) is 1.75. The van der Waals surface area contributed by atoms with Crippen LogP contribution in [-0.4, -0.2) is 6.04 Å². The van der Waals surface area contributed by atoms with Crippen molar-refractivity contribution in [3.63, 3.8) is 0 Å². The van der Waals surface area contributed by atoms with Gasteiger partial charge in [0.2, 0.25) is 0 Å². The van der Waals surface area contributed by atoms with Crippen LogP contribution in [0.1, 0.15) is 12.5 Å². The minimum Gasteiger partial charge on any atom is -0.457 e. The Morgan fingerprint density at radius 3 is 2.50 bits per heavy atom. The number of ether oxygens (including phenoxy) is 1. The Kier molecular flexibility index (Phi) is 3.95. The summed E-state index contributed by atoms with van der Waals surface area (Å²) in [6.07, 6.45) is 0.806. The highest BCUT2D eigenvalue weighted by atomic mass is 19.1. The third kappa shape index (κ3) is 3.57. The van der Waals surface area contributed by atoms with Gasteiger partial charge in [0.1, 0.15) is 17.3 Å². The maximum absolute atomic E-state index is 12.8. The molecule has 0 aliphatic rings. The van der Waals surface area contributed by atoms with Crippen molar-refractivity contribution in [3.8, 4) is 11.5 Å². The van der Waals surface area contributed by atoms with Crippen LogP contribution in [0.4, 0.5) is 4.39 Å². The second-order valence-corrected chi connectivity index (χ2v) is 4.38. The Bertz CT molecular complexity index is 508. The molecule has 0 saturated carbocycles. The number of hydrogen-bond donors (Lipinski definition) is 1. The molecule has 0 aliphatic heterocycles. The third-order valence-electron chi connectivity index (χ3n) is 2.51. The molecule has 2 rings (SSSR count). The zero-order valence-electron chi connectivity index (χ0n) is 10.3. The van der Waals surface area contributed by atoms with E-state index in [1.165, 1.54) is 12.1 Å². The summed E-state index contributed by atoms with van der Waals surface area (Å²) in [6, 6.07) is 13.8. The van der Waals surface area contributed by atoms with Gasteiger partial charge < -0.3 is 10.5 Å². The van der Waals surface area contributed by atoms with E-state index in [-0.39, 0.29) is 11.9 Å². The molecule has 2 nitrogen and oxygen atoms in total.